The van der Waals surface area contributed by atoms with Crippen LogP contribution < -0.4 is 0 Å². The molecule has 0 bridgehead atoms. The fourth-order valence-corrected chi connectivity index (χ4v) is 3.96. The number of rotatable bonds is 1. The molecule has 1 aliphatic rings. The molecule has 0 fully saturated rings. The van der Waals surface area contributed by atoms with Crippen molar-refractivity contribution in [1.29, 1.82) is 0 Å². The molecule has 0 N–H and O–H groups in total. The van der Waals surface area contributed by atoms with Gasteiger partial charge in [0.05, 0.1) is 0 Å². The third kappa shape index (κ3) is 1.95. The Kier molecular flexibility index (Phi) is 2.59. The summed E-state index contributed by atoms with van der Waals surface area (Å²) in [6.07, 6.45) is 0.911. The van der Waals surface area contributed by atoms with Gasteiger partial charge < -0.3 is 4.90 Å². The monoisotopic (exact) mass is 251 g/mol. The van der Waals surface area contributed by atoms with Crippen LogP contribution in [0.3, 0.4) is 0 Å². The van der Waals surface area contributed by atoms with E-state index in [9.17, 15) is 8.42 Å². The Labute approximate surface area is 91.7 Å². The highest BCUT2D eigenvalue weighted by molar-refractivity contribution is 8.15. The largest absolute Gasteiger partial charge is 0.301 e. The van der Waals surface area contributed by atoms with Gasteiger partial charge in [-0.1, -0.05) is 0 Å². The van der Waals surface area contributed by atoms with Crippen molar-refractivity contribution < 1.29 is 8.42 Å². The highest BCUT2D eigenvalue weighted by atomic mass is 35.7. The van der Waals surface area contributed by atoms with Gasteiger partial charge in [0.2, 0.25) is 0 Å². The Morgan fingerprint density at radius 3 is 2.93 bits per heavy atom. The summed E-state index contributed by atoms with van der Waals surface area (Å²) >= 11 is 1.28. The van der Waals surface area contributed by atoms with Crippen molar-refractivity contribution in [2.45, 2.75) is 17.2 Å². The molecule has 0 aliphatic carbocycles. The van der Waals surface area contributed by atoms with Crippen molar-refractivity contribution in [2.24, 2.45) is 0 Å². The summed E-state index contributed by atoms with van der Waals surface area (Å²) in [4.78, 5) is 3.29. The van der Waals surface area contributed by atoms with Gasteiger partial charge in [-0.2, -0.15) is 0 Å². The van der Waals surface area contributed by atoms with Gasteiger partial charge in [0.25, 0.3) is 9.05 Å². The third-order valence-corrected chi connectivity index (χ3v) is 5.53. The number of hydrogen-bond acceptors (Lipinski definition) is 4. The van der Waals surface area contributed by atoms with Gasteiger partial charge in [-0.05, 0) is 25.1 Å². The molecule has 1 aliphatic heterocycles. The van der Waals surface area contributed by atoms with Crippen LogP contribution in [-0.2, 0) is 22.0 Å². The number of nitrogens with zero attached hydrogens (tertiary/aromatic N) is 1. The van der Waals surface area contributed by atoms with Gasteiger partial charge >= 0.3 is 0 Å². The topological polar surface area (TPSA) is 37.4 Å². The highest BCUT2D eigenvalue weighted by Gasteiger charge is 2.21. The summed E-state index contributed by atoms with van der Waals surface area (Å²) in [6.45, 7) is 1.80. The number of fused-ring (bicyclic) bond motifs is 1. The molecule has 2 heterocycles. The Balaban J connectivity index is 2.42. The number of halogens is 1. The van der Waals surface area contributed by atoms with Crippen molar-refractivity contribution in [2.75, 3.05) is 13.6 Å². The predicted molar refractivity (Wildman–Crippen MR) is 57.4 cm³/mol. The molecular formula is C8H10ClNO2S2. The molecular weight excluding hydrogens is 242 g/mol. The molecule has 2 rings (SSSR count). The minimum absolute atomic E-state index is 0.277. The first-order chi connectivity index (χ1) is 6.47. The van der Waals surface area contributed by atoms with Gasteiger partial charge in [-0.15, -0.1) is 11.3 Å². The zero-order valence-electron chi connectivity index (χ0n) is 7.66. The first-order valence-corrected chi connectivity index (χ1v) is 7.34. The normalized spacial score (nSPS) is 18.1. The van der Waals surface area contributed by atoms with Crippen molar-refractivity contribution >= 4 is 31.1 Å². The maximum Gasteiger partial charge on any atom is 0.270 e. The van der Waals surface area contributed by atoms with E-state index < -0.39 is 9.05 Å². The number of thiophene rings is 1. The minimum Gasteiger partial charge on any atom is -0.301 e. The van der Waals surface area contributed by atoms with E-state index in [0.29, 0.717) is 0 Å². The van der Waals surface area contributed by atoms with E-state index in [1.165, 1.54) is 11.3 Å². The third-order valence-electron chi connectivity index (χ3n) is 2.29. The second-order valence-corrected chi connectivity index (χ2v) is 7.37. The molecule has 1 aromatic heterocycles. The second kappa shape index (κ2) is 3.48. The average Bonchev–Trinajstić information content (AvgIpc) is 2.45. The molecule has 0 atom stereocenters. The molecule has 0 amide bonds. The molecule has 0 saturated carbocycles. The van der Waals surface area contributed by atoms with Crippen LogP contribution in [0.5, 0.6) is 0 Å². The summed E-state index contributed by atoms with van der Waals surface area (Å²) in [7, 11) is 3.77. The van der Waals surface area contributed by atoms with Crippen molar-refractivity contribution in [3.05, 3.63) is 16.5 Å². The average molecular weight is 252 g/mol. The molecule has 78 valence electrons. The number of hydrogen-bond donors (Lipinski definition) is 0. The van der Waals surface area contributed by atoms with Crippen LogP contribution >= 0.6 is 22.0 Å². The van der Waals surface area contributed by atoms with E-state index in [1.807, 2.05) is 7.05 Å². The lowest BCUT2D eigenvalue weighted by Crippen LogP contribution is -2.24. The van der Waals surface area contributed by atoms with Crippen LogP contribution in [0.4, 0.5) is 0 Å². The maximum absolute atomic E-state index is 11.1. The Morgan fingerprint density at radius 2 is 2.29 bits per heavy atom. The molecule has 0 spiro atoms. The SMILES string of the molecule is CN1CCc2cc(S(=O)(=O)Cl)sc2C1. The van der Waals surface area contributed by atoms with Gasteiger partial charge in [0, 0.05) is 28.6 Å². The van der Waals surface area contributed by atoms with E-state index >= 15 is 0 Å². The zero-order chi connectivity index (χ0) is 10.3. The maximum atomic E-state index is 11.1. The molecule has 14 heavy (non-hydrogen) atoms. The quantitative estimate of drug-likeness (QED) is 0.713. The van der Waals surface area contributed by atoms with Crippen molar-refractivity contribution in [3.8, 4) is 0 Å². The van der Waals surface area contributed by atoms with E-state index in [1.54, 1.807) is 6.07 Å². The highest BCUT2D eigenvalue weighted by Crippen LogP contribution is 2.32. The summed E-state index contributed by atoms with van der Waals surface area (Å²) in [5.74, 6) is 0. The van der Waals surface area contributed by atoms with Gasteiger partial charge in [0.15, 0.2) is 0 Å². The van der Waals surface area contributed by atoms with Crippen LogP contribution in [0.15, 0.2) is 10.3 Å². The van der Waals surface area contributed by atoms with Crippen molar-refractivity contribution in [1.82, 2.24) is 4.90 Å². The first kappa shape index (κ1) is 10.4. The zero-order valence-corrected chi connectivity index (χ0v) is 10.0. The summed E-state index contributed by atoms with van der Waals surface area (Å²) in [6, 6.07) is 1.70. The molecule has 0 radical (unpaired) electrons. The van der Waals surface area contributed by atoms with Crippen LogP contribution in [-0.4, -0.2) is 26.9 Å². The van der Waals surface area contributed by atoms with Crippen LogP contribution in [0, 0.1) is 0 Å². The predicted octanol–water partition coefficient (Wildman–Crippen LogP) is 1.66. The van der Waals surface area contributed by atoms with Gasteiger partial charge in [-0.3, -0.25) is 0 Å². The molecule has 0 unspecified atom stereocenters. The Bertz CT molecular complexity index is 452. The minimum atomic E-state index is -3.54. The Hall–Kier alpha value is -0.100. The van der Waals surface area contributed by atoms with E-state index in [4.69, 9.17) is 10.7 Å². The summed E-state index contributed by atoms with van der Waals surface area (Å²) in [5, 5.41) is 0. The smallest absolute Gasteiger partial charge is 0.270 e. The van der Waals surface area contributed by atoms with E-state index in [2.05, 4.69) is 4.90 Å². The van der Waals surface area contributed by atoms with E-state index in [-0.39, 0.29) is 4.21 Å². The molecule has 3 nitrogen and oxygen atoms in total. The van der Waals surface area contributed by atoms with Crippen molar-refractivity contribution in [3.63, 3.8) is 0 Å². The molecule has 0 aromatic carbocycles. The van der Waals surface area contributed by atoms with Gasteiger partial charge in [-0.25, -0.2) is 8.42 Å². The lowest BCUT2D eigenvalue weighted by atomic mass is 10.1. The molecule has 6 heteroatoms. The van der Waals surface area contributed by atoms with Crippen LogP contribution in [0.2, 0.25) is 0 Å². The lowest BCUT2D eigenvalue weighted by Gasteiger charge is -2.21. The van der Waals surface area contributed by atoms with Gasteiger partial charge in [0.1, 0.15) is 4.21 Å². The molecule has 0 saturated heterocycles. The van der Waals surface area contributed by atoms with Crippen LogP contribution in [0.1, 0.15) is 10.4 Å². The fraction of sp³-hybridized carbons (Fsp3) is 0.500. The summed E-state index contributed by atoms with van der Waals surface area (Å²) in [5.41, 5.74) is 1.13. The van der Waals surface area contributed by atoms with E-state index in [0.717, 1.165) is 30.0 Å². The first-order valence-electron chi connectivity index (χ1n) is 4.21. The lowest BCUT2D eigenvalue weighted by molar-refractivity contribution is 0.317. The van der Waals surface area contributed by atoms with Crippen LogP contribution in [0.25, 0.3) is 0 Å². The summed E-state index contributed by atoms with van der Waals surface area (Å²) < 4.78 is 22.5. The second-order valence-electron chi connectivity index (χ2n) is 3.44. The number of likely N-dealkylation sites (N-methyl/N-ethyl adjacent to an activating group) is 1. The molecule has 1 aromatic rings. The Morgan fingerprint density at radius 1 is 1.57 bits per heavy atom. The standard InChI is InChI=1S/C8H10ClNO2S2/c1-10-3-2-6-4-8(14(9,11)12)13-7(6)5-10/h4H,2-3,5H2,1H3. The fourth-order valence-electron chi connectivity index (χ4n) is 1.54.